The van der Waals surface area contributed by atoms with Crippen LogP contribution in [-0.4, -0.2) is 32.4 Å². The summed E-state index contributed by atoms with van der Waals surface area (Å²) >= 11 is 0. The van der Waals surface area contributed by atoms with E-state index >= 15 is 0 Å². The molecule has 2 aromatic carbocycles. The summed E-state index contributed by atoms with van der Waals surface area (Å²) in [5.74, 6) is 1.08. The number of fused-ring (bicyclic) bond motifs is 1. The summed E-state index contributed by atoms with van der Waals surface area (Å²) in [5.41, 5.74) is 4.11. The van der Waals surface area contributed by atoms with Crippen molar-refractivity contribution in [2.45, 2.75) is 26.3 Å². The molecule has 0 atom stereocenters. The second-order valence-electron chi connectivity index (χ2n) is 6.89. The molecular weight excluding hydrogens is 360 g/mol. The Balaban J connectivity index is 1.76. The van der Waals surface area contributed by atoms with Crippen molar-refractivity contribution in [1.29, 1.82) is 0 Å². The van der Waals surface area contributed by atoms with Gasteiger partial charge in [-0.05, 0) is 48.7 Å². The lowest BCUT2D eigenvalue weighted by Gasteiger charge is -2.17. The third-order valence-corrected chi connectivity index (χ3v) is 6.98. The molecule has 27 heavy (non-hydrogen) atoms. The van der Waals surface area contributed by atoms with Crippen LogP contribution >= 0.6 is 0 Å². The Hall–Kier alpha value is -2.47. The van der Waals surface area contributed by atoms with E-state index in [0.717, 1.165) is 41.2 Å². The van der Waals surface area contributed by atoms with E-state index in [-0.39, 0.29) is 5.75 Å². The van der Waals surface area contributed by atoms with Gasteiger partial charge in [-0.25, -0.2) is 8.42 Å². The predicted molar refractivity (Wildman–Crippen MR) is 110 cm³/mol. The molecular formula is C21H24N2O3S. The third-order valence-electron chi connectivity index (χ3n) is 5.11. The van der Waals surface area contributed by atoms with Gasteiger partial charge in [0.1, 0.15) is 5.75 Å². The summed E-state index contributed by atoms with van der Waals surface area (Å²) in [4.78, 5) is 0. The molecule has 3 aromatic rings. The molecule has 0 radical (unpaired) electrons. The maximum absolute atomic E-state index is 12.1. The van der Waals surface area contributed by atoms with E-state index in [9.17, 15) is 8.42 Å². The van der Waals surface area contributed by atoms with E-state index in [2.05, 4.69) is 29.7 Å². The molecule has 4 rings (SSSR count). The maximum Gasteiger partial charge on any atom is 0.235 e. The Morgan fingerprint density at radius 1 is 1.07 bits per heavy atom. The van der Waals surface area contributed by atoms with Crippen molar-refractivity contribution >= 4 is 26.6 Å². The number of benzene rings is 2. The van der Waals surface area contributed by atoms with Gasteiger partial charge in [-0.2, -0.15) is 0 Å². The van der Waals surface area contributed by atoms with Crippen LogP contribution in [0, 0.1) is 0 Å². The molecule has 0 amide bonds. The zero-order valence-electron chi connectivity index (χ0n) is 15.7. The second kappa shape index (κ2) is 6.93. The van der Waals surface area contributed by atoms with Gasteiger partial charge in [-0.3, -0.25) is 4.31 Å². The Morgan fingerprint density at radius 3 is 2.48 bits per heavy atom. The highest BCUT2D eigenvalue weighted by atomic mass is 32.2. The Labute approximate surface area is 160 Å². The minimum absolute atomic E-state index is 0.237. The van der Waals surface area contributed by atoms with E-state index in [1.807, 2.05) is 30.3 Å². The highest BCUT2D eigenvalue weighted by Gasteiger charge is 2.28. The molecule has 1 fully saturated rings. The number of aryl methyl sites for hydroxylation is 1. The van der Waals surface area contributed by atoms with Gasteiger partial charge in [0, 0.05) is 30.2 Å². The first kappa shape index (κ1) is 17.9. The molecule has 6 heteroatoms. The summed E-state index contributed by atoms with van der Waals surface area (Å²) in [7, 11) is -1.47. The van der Waals surface area contributed by atoms with Crippen molar-refractivity contribution in [3.63, 3.8) is 0 Å². The summed E-state index contributed by atoms with van der Waals surface area (Å²) in [6.45, 7) is 3.64. The van der Waals surface area contributed by atoms with Crippen LogP contribution < -0.4 is 9.04 Å². The fraction of sp³-hybridized carbons (Fsp3) is 0.333. The number of ether oxygens (including phenoxy) is 1. The lowest BCUT2D eigenvalue weighted by atomic mass is 10.1. The van der Waals surface area contributed by atoms with Crippen molar-refractivity contribution in [3.8, 4) is 17.0 Å². The molecule has 0 N–H and O–H groups in total. The monoisotopic (exact) mass is 384 g/mol. The molecule has 142 valence electrons. The number of nitrogens with zero attached hydrogens (tertiary/aromatic N) is 2. The molecule has 0 spiro atoms. The summed E-state index contributed by atoms with van der Waals surface area (Å²) in [6.07, 6.45) is 1.72. The van der Waals surface area contributed by atoms with Gasteiger partial charge >= 0.3 is 0 Å². The van der Waals surface area contributed by atoms with Crippen molar-refractivity contribution in [1.82, 2.24) is 4.57 Å². The van der Waals surface area contributed by atoms with Gasteiger partial charge in [0.25, 0.3) is 0 Å². The first-order valence-corrected chi connectivity index (χ1v) is 10.9. The van der Waals surface area contributed by atoms with Crippen LogP contribution in [0.15, 0.2) is 48.5 Å². The number of anilines is 1. The lowest BCUT2D eigenvalue weighted by molar-refractivity contribution is 0.415. The zero-order valence-corrected chi connectivity index (χ0v) is 16.5. The van der Waals surface area contributed by atoms with Crippen molar-refractivity contribution < 1.29 is 13.2 Å². The third kappa shape index (κ3) is 3.18. The Kier molecular flexibility index (Phi) is 4.60. The normalized spacial score (nSPS) is 16.1. The predicted octanol–water partition coefficient (Wildman–Crippen LogP) is 4.27. The van der Waals surface area contributed by atoms with Crippen LogP contribution in [0.5, 0.6) is 5.75 Å². The van der Waals surface area contributed by atoms with Gasteiger partial charge in [0.2, 0.25) is 10.0 Å². The van der Waals surface area contributed by atoms with E-state index in [4.69, 9.17) is 4.74 Å². The van der Waals surface area contributed by atoms with Gasteiger partial charge in [-0.1, -0.05) is 19.1 Å². The van der Waals surface area contributed by atoms with E-state index in [1.54, 1.807) is 7.11 Å². The molecule has 1 aromatic heterocycles. The van der Waals surface area contributed by atoms with Crippen molar-refractivity contribution in [2.24, 2.45) is 0 Å². The molecule has 2 heterocycles. The fourth-order valence-electron chi connectivity index (χ4n) is 3.79. The van der Waals surface area contributed by atoms with Crippen molar-refractivity contribution in [2.75, 3.05) is 23.7 Å². The highest BCUT2D eigenvalue weighted by Crippen LogP contribution is 2.33. The number of sulfonamides is 1. The summed E-state index contributed by atoms with van der Waals surface area (Å²) in [5, 5.41) is 1.17. The molecule has 0 saturated carbocycles. The lowest BCUT2D eigenvalue weighted by Crippen LogP contribution is -2.24. The minimum Gasteiger partial charge on any atom is -0.497 e. The first-order valence-electron chi connectivity index (χ1n) is 9.31. The van der Waals surface area contributed by atoms with Crippen LogP contribution in [0.25, 0.3) is 22.2 Å². The first-order chi connectivity index (χ1) is 13.0. The zero-order chi connectivity index (χ0) is 19.0. The van der Waals surface area contributed by atoms with E-state index in [1.165, 1.54) is 9.69 Å². The molecule has 1 aliphatic rings. The van der Waals surface area contributed by atoms with Gasteiger partial charge < -0.3 is 9.30 Å². The highest BCUT2D eigenvalue weighted by molar-refractivity contribution is 7.93. The van der Waals surface area contributed by atoms with E-state index in [0.29, 0.717) is 13.0 Å². The number of aromatic nitrogens is 1. The SMILES string of the molecule is CCCn1c(-c2ccc(N3CCCS3(=O)=O)cc2)cc2ccc(OC)cc21. The minimum atomic E-state index is -3.15. The average Bonchev–Trinajstić information content (AvgIpc) is 3.21. The molecule has 1 aliphatic heterocycles. The molecule has 0 aliphatic carbocycles. The molecule has 0 bridgehead atoms. The maximum atomic E-state index is 12.1. The number of rotatable bonds is 5. The Bertz CT molecular complexity index is 1070. The van der Waals surface area contributed by atoms with Gasteiger partial charge in [-0.15, -0.1) is 0 Å². The van der Waals surface area contributed by atoms with Crippen LogP contribution in [0.1, 0.15) is 19.8 Å². The van der Waals surface area contributed by atoms with Crippen LogP contribution in [-0.2, 0) is 16.6 Å². The van der Waals surface area contributed by atoms with Crippen LogP contribution in [0.4, 0.5) is 5.69 Å². The molecule has 1 saturated heterocycles. The second-order valence-corrected chi connectivity index (χ2v) is 8.91. The standard InChI is InChI=1S/C21H24N2O3S/c1-3-11-22-20(14-17-7-10-19(26-2)15-21(17)22)16-5-8-18(9-6-16)23-12-4-13-27(23,24)25/h5-10,14-15H,3-4,11-13H2,1-2H3. The molecule has 0 unspecified atom stereocenters. The number of methoxy groups -OCH3 is 1. The molecule has 5 nitrogen and oxygen atoms in total. The number of hydrogen-bond donors (Lipinski definition) is 0. The van der Waals surface area contributed by atoms with Crippen molar-refractivity contribution in [3.05, 3.63) is 48.5 Å². The Morgan fingerprint density at radius 2 is 1.85 bits per heavy atom. The fourth-order valence-corrected chi connectivity index (χ4v) is 5.36. The van der Waals surface area contributed by atoms with Gasteiger partial charge in [0.05, 0.1) is 24.1 Å². The van der Waals surface area contributed by atoms with Crippen LogP contribution in [0.2, 0.25) is 0 Å². The summed E-state index contributed by atoms with van der Waals surface area (Å²) in [6, 6.07) is 16.2. The van der Waals surface area contributed by atoms with E-state index < -0.39 is 10.0 Å². The largest absolute Gasteiger partial charge is 0.497 e. The topological polar surface area (TPSA) is 51.5 Å². The average molecular weight is 385 g/mol. The number of hydrogen-bond acceptors (Lipinski definition) is 3. The summed E-state index contributed by atoms with van der Waals surface area (Å²) < 4.78 is 33.5. The van der Waals surface area contributed by atoms with Crippen LogP contribution in [0.3, 0.4) is 0 Å². The van der Waals surface area contributed by atoms with Gasteiger partial charge in [0.15, 0.2) is 0 Å². The smallest absolute Gasteiger partial charge is 0.235 e. The quantitative estimate of drug-likeness (QED) is 0.660.